The maximum atomic E-state index is 12.6. The second-order valence-corrected chi connectivity index (χ2v) is 18.4. The highest BCUT2D eigenvalue weighted by molar-refractivity contribution is 6.28. The second kappa shape index (κ2) is 19.6. The molecule has 0 saturated carbocycles. The molecule has 3 fully saturated rings. The minimum Gasteiger partial charge on any atom is -0.449 e. The number of hydrogen-bond acceptors (Lipinski definition) is 18. The van der Waals surface area contributed by atoms with Crippen LogP contribution in [0.15, 0.2) is 24.3 Å². The van der Waals surface area contributed by atoms with E-state index in [2.05, 4.69) is 40.5 Å². The van der Waals surface area contributed by atoms with Gasteiger partial charge in [0, 0.05) is 62.6 Å². The van der Waals surface area contributed by atoms with Gasteiger partial charge in [-0.2, -0.15) is 4.98 Å². The van der Waals surface area contributed by atoms with Crippen molar-refractivity contribution < 1.29 is 42.8 Å². The third-order valence-electron chi connectivity index (χ3n) is 11.8. The topological polar surface area (TPSA) is 218 Å². The molecule has 10 rings (SSSR count). The summed E-state index contributed by atoms with van der Waals surface area (Å²) in [5.41, 5.74) is 3.43. The highest BCUT2D eigenvalue weighted by atomic mass is 35.5. The maximum Gasteiger partial charge on any atom is 0.344 e. The lowest BCUT2D eigenvalue weighted by Crippen LogP contribution is -2.38. The van der Waals surface area contributed by atoms with Crippen LogP contribution in [0, 0.1) is 0 Å². The van der Waals surface area contributed by atoms with Gasteiger partial charge in [0.1, 0.15) is 56.8 Å². The monoisotopic (exact) mass is 963 g/mol. The summed E-state index contributed by atoms with van der Waals surface area (Å²) >= 11 is 12.0. The summed E-state index contributed by atoms with van der Waals surface area (Å²) in [6.07, 6.45) is 0. The number of benzene rings is 1. The number of nitrogens with one attached hydrogen (secondary N) is 2. The van der Waals surface area contributed by atoms with Crippen molar-refractivity contribution >= 4 is 64.3 Å². The van der Waals surface area contributed by atoms with E-state index in [1.807, 2.05) is 56.6 Å². The first-order valence-corrected chi connectivity index (χ1v) is 23.0. The number of carbonyl (C=O) groups is 3. The molecular weight excluding hydrogens is 909 g/mol. The number of fused-ring (bicyclic) bond motifs is 3. The van der Waals surface area contributed by atoms with Crippen molar-refractivity contribution in [3.63, 3.8) is 0 Å². The summed E-state index contributed by atoms with van der Waals surface area (Å²) in [4.78, 5) is 69.1. The molecule has 4 aromatic rings. The average molecular weight is 965 g/mol. The quantitative estimate of drug-likeness (QED) is 0.177. The molecule has 1 aromatic carbocycles. The Bertz CT molecular complexity index is 2510. The van der Waals surface area contributed by atoms with Crippen LogP contribution in [0.25, 0.3) is 11.4 Å². The Morgan fingerprint density at radius 3 is 1.57 bits per heavy atom. The molecule has 0 radical (unpaired) electrons. The van der Waals surface area contributed by atoms with Crippen LogP contribution >= 0.6 is 23.2 Å². The first-order valence-electron chi connectivity index (χ1n) is 22.3. The molecule has 3 saturated heterocycles. The number of amides is 2. The van der Waals surface area contributed by atoms with Crippen molar-refractivity contribution in [2.75, 3.05) is 105 Å². The third kappa shape index (κ3) is 10.3. The van der Waals surface area contributed by atoms with Crippen molar-refractivity contribution in [2.45, 2.75) is 71.9 Å². The Balaban J connectivity index is 0.000000143. The Morgan fingerprint density at radius 1 is 0.612 bits per heavy atom. The number of urea groups is 1. The molecule has 6 aliphatic rings. The van der Waals surface area contributed by atoms with Crippen LogP contribution < -0.4 is 25.3 Å². The average Bonchev–Trinajstić information content (AvgIpc) is 3.84. The van der Waals surface area contributed by atoms with Crippen molar-refractivity contribution in [1.82, 2.24) is 35.2 Å². The molecule has 6 aliphatic heterocycles. The Hall–Kier alpha value is -5.51. The smallest absolute Gasteiger partial charge is 0.344 e. The van der Waals surface area contributed by atoms with E-state index < -0.39 is 23.1 Å². The maximum absolute atomic E-state index is 12.6. The van der Waals surface area contributed by atoms with Crippen molar-refractivity contribution in [3.05, 3.63) is 68.6 Å². The van der Waals surface area contributed by atoms with E-state index >= 15 is 0 Å². The third-order valence-corrected chi connectivity index (χ3v) is 12.1. The molecule has 67 heavy (non-hydrogen) atoms. The van der Waals surface area contributed by atoms with Gasteiger partial charge in [-0.25, -0.2) is 39.3 Å². The fraction of sp³-hybridized carbons (Fsp3) is 0.533. The molecule has 20 nitrogen and oxygen atoms in total. The van der Waals surface area contributed by atoms with Gasteiger partial charge in [-0.1, -0.05) is 0 Å². The molecule has 2 amide bonds. The fourth-order valence-corrected chi connectivity index (χ4v) is 8.72. The van der Waals surface area contributed by atoms with Gasteiger partial charge in [0.2, 0.25) is 10.6 Å². The van der Waals surface area contributed by atoms with E-state index in [0.29, 0.717) is 111 Å². The molecule has 0 spiro atoms. The number of halogens is 2. The predicted molar refractivity (Wildman–Crippen MR) is 248 cm³/mol. The molecule has 358 valence electrons. The largest absolute Gasteiger partial charge is 0.449 e. The molecule has 2 N–H and O–H groups in total. The number of carbonyl (C=O) groups excluding carboxylic acids is 3. The highest BCUT2D eigenvalue weighted by Gasteiger charge is 2.45. The van der Waals surface area contributed by atoms with E-state index in [4.69, 9.17) is 56.6 Å². The first kappa shape index (κ1) is 48.0. The van der Waals surface area contributed by atoms with Crippen molar-refractivity contribution in [1.29, 1.82) is 0 Å². The molecule has 22 heteroatoms. The molecule has 9 heterocycles. The van der Waals surface area contributed by atoms with Crippen LogP contribution in [0.3, 0.4) is 0 Å². The molecule has 0 unspecified atom stereocenters. The van der Waals surface area contributed by atoms with Gasteiger partial charge in [-0.05, 0) is 95.9 Å². The highest BCUT2D eigenvalue weighted by Crippen LogP contribution is 2.42. The number of rotatable bonds is 6. The van der Waals surface area contributed by atoms with Crippen molar-refractivity contribution in [2.24, 2.45) is 0 Å². The Kier molecular flexibility index (Phi) is 14.0. The van der Waals surface area contributed by atoms with Crippen LogP contribution in [-0.2, 0) is 51.8 Å². The zero-order valence-corrected chi connectivity index (χ0v) is 40.2. The second-order valence-electron chi connectivity index (χ2n) is 17.7. The van der Waals surface area contributed by atoms with Crippen LogP contribution in [0.4, 0.5) is 27.9 Å². The Morgan fingerprint density at radius 2 is 1.06 bits per heavy atom. The lowest BCUT2D eigenvalue weighted by molar-refractivity contribution is -0.0101. The minimum absolute atomic E-state index is 0.131. The fourth-order valence-electron chi connectivity index (χ4n) is 8.39. The van der Waals surface area contributed by atoms with Crippen LogP contribution in [-0.4, -0.2) is 133 Å². The number of cyclic esters (lactones) is 2. The molecular formula is C45H55Cl2N11O9. The van der Waals surface area contributed by atoms with E-state index in [9.17, 15) is 14.4 Å². The minimum atomic E-state index is -0.828. The lowest BCUT2D eigenvalue weighted by Gasteiger charge is -2.29. The Labute approximate surface area is 398 Å². The van der Waals surface area contributed by atoms with Crippen LogP contribution in [0.5, 0.6) is 0 Å². The van der Waals surface area contributed by atoms with Gasteiger partial charge in [-0.3, -0.25) is 0 Å². The lowest BCUT2D eigenvalue weighted by atomic mass is 10.0. The van der Waals surface area contributed by atoms with E-state index in [-0.39, 0.29) is 22.2 Å². The first-order chi connectivity index (χ1) is 32.0. The number of esters is 2. The summed E-state index contributed by atoms with van der Waals surface area (Å²) in [5, 5.41) is 5.87. The number of hydrogen-bond donors (Lipinski definition) is 2. The van der Waals surface area contributed by atoms with Gasteiger partial charge in [0.05, 0.1) is 51.9 Å². The zero-order chi connectivity index (χ0) is 47.7. The van der Waals surface area contributed by atoms with Crippen molar-refractivity contribution in [3.8, 4) is 11.4 Å². The summed E-state index contributed by atoms with van der Waals surface area (Å²) in [6.45, 7) is 22.3. The van der Waals surface area contributed by atoms with Gasteiger partial charge >= 0.3 is 18.0 Å². The molecule has 3 aromatic heterocycles. The normalized spacial score (nSPS) is 19.7. The summed E-state index contributed by atoms with van der Waals surface area (Å²) < 4.78 is 32.8. The van der Waals surface area contributed by atoms with E-state index in [0.717, 1.165) is 48.9 Å². The number of ether oxygens (including phenoxy) is 6. The van der Waals surface area contributed by atoms with Gasteiger partial charge in [0.15, 0.2) is 5.82 Å². The number of aromatic nitrogens is 6. The van der Waals surface area contributed by atoms with E-state index in [1.54, 1.807) is 26.0 Å². The summed E-state index contributed by atoms with van der Waals surface area (Å²) in [6, 6.07) is 7.02. The van der Waals surface area contributed by atoms with Gasteiger partial charge in [0.25, 0.3) is 0 Å². The number of morpholine rings is 3. The molecule has 0 bridgehead atoms. The zero-order valence-electron chi connectivity index (χ0n) is 38.7. The standard InChI is InChI=1S/C21H25N5O4.C12H14ClN3O3.C12H16ClN3O2/c1-4-22-20(28)23-14-7-5-13(6-8-14)17-24-16-15(19(27)30-21(16,2)3)18(25-17)26-9-11-29-12-10-26;1-12(2)8-7(10(17)19-12)9(15-11(13)14-8)16-3-5-18-6-4-16;1-12(2)9-8(7-18-12)10(15-11(13)14-9)16-3-5-17-6-4-16/h5-8H,4,9-12H2,1-3H3,(H2,22,23,28);3-6H2,1-2H3;3-7H2,1-2H3. The summed E-state index contributed by atoms with van der Waals surface area (Å²) in [5.74, 6) is 1.75. The summed E-state index contributed by atoms with van der Waals surface area (Å²) in [7, 11) is 0. The SMILES string of the molecule is CC1(C)OC(=O)c2c(N3CCOCC3)nc(Cl)nc21.CC1(C)OCc2c(N3CCOCC3)nc(Cl)nc21.CCNC(=O)Nc1ccc(-c2nc(N3CCOCC3)c3c(n2)C(C)(C)OC3=O)cc1. The molecule has 0 aliphatic carbocycles. The van der Waals surface area contributed by atoms with Gasteiger partial charge < -0.3 is 53.8 Å². The predicted octanol–water partition coefficient (Wildman–Crippen LogP) is 5.63. The van der Waals surface area contributed by atoms with Crippen LogP contribution in [0.1, 0.15) is 91.8 Å². The number of nitrogens with zero attached hydrogens (tertiary/aromatic N) is 9. The molecule has 0 atom stereocenters. The number of anilines is 4. The van der Waals surface area contributed by atoms with Gasteiger partial charge in [-0.15, -0.1) is 0 Å². The van der Waals surface area contributed by atoms with Crippen LogP contribution in [0.2, 0.25) is 10.6 Å². The van der Waals surface area contributed by atoms with E-state index in [1.165, 1.54) is 0 Å².